The second-order valence-electron chi connectivity index (χ2n) is 10.4. The number of aryl methyl sites for hydroxylation is 3. The summed E-state index contributed by atoms with van der Waals surface area (Å²) in [4.78, 5) is 31.5. The molecular formula is C31H40N6O4. The predicted octanol–water partition coefficient (Wildman–Crippen LogP) is 3.44. The van der Waals surface area contributed by atoms with Gasteiger partial charge in [0, 0.05) is 31.4 Å². The fourth-order valence-electron chi connectivity index (χ4n) is 4.82. The lowest BCUT2D eigenvalue weighted by Gasteiger charge is -2.24. The van der Waals surface area contributed by atoms with Gasteiger partial charge in [0.15, 0.2) is 0 Å². The zero-order valence-electron chi connectivity index (χ0n) is 23.7. The molecule has 0 bridgehead atoms. The number of carboxylic acids is 1. The van der Waals surface area contributed by atoms with Crippen LogP contribution in [0.5, 0.6) is 5.88 Å². The second kappa shape index (κ2) is 15.7. The molecule has 0 radical (unpaired) electrons. The highest BCUT2D eigenvalue weighted by atomic mass is 16.5. The maximum absolute atomic E-state index is 12.5. The van der Waals surface area contributed by atoms with Crippen molar-refractivity contribution in [3.63, 3.8) is 0 Å². The van der Waals surface area contributed by atoms with Gasteiger partial charge >= 0.3 is 5.97 Å². The Morgan fingerprint density at radius 3 is 2.68 bits per heavy atom. The molecule has 1 atom stereocenters. The Hall–Kier alpha value is -4.05. The number of pyridine rings is 1. The lowest BCUT2D eigenvalue weighted by Crippen LogP contribution is -2.44. The lowest BCUT2D eigenvalue weighted by molar-refractivity contribution is -0.142. The van der Waals surface area contributed by atoms with Gasteiger partial charge < -0.3 is 20.5 Å². The number of nitrogens with zero attached hydrogens (tertiary/aromatic N) is 4. The minimum absolute atomic E-state index is 0.145. The van der Waals surface area contributed by atoms with E-state index in [2.05, 4.69) is 37.9 Å². The van der Waals surface area contributed by atoms with Crippen LogP contribution in [0.1, 0.15) is 48.2 Å². The van der Waals surface area contributed by atoms with Gasteiger partial charge in [-0.3, -0.25) is 9.69 Å². The van der Waals surface area contributed by atoms with E-state index in [1.165, 1.54) is 5.56 Å². The lowest BCUT2D eigenvalue weighted by atomic mass is 10.1. The van der Waals surface area contributed by atoms with Gasteiger partial charge in [-0.05, 0) is 75.3 Å². The number of unbranched alkanes of at least 4 members (excludes halogenated alkanes) is 1. The van der Waals surface area contributed by atoms with Gasteiger partial charge in [-0.15, -0.1) is 5.10 Å². The SMILES string of the molecule is Cc1ccc(OCCN(CCCCc2ccc3c(n2)NCCC3)CCC(NC(=O)Cc2ccccc2)C(=O)O)nn1. The van der Waals surface area contributed by atoms with Crippen molar-refractivity contribution in [3.05, 3.63) is 77.1 Å². The normalized spacial score (nSPS) is 13.2. The van der Waals surface area contributed by atoms with Crippen LogP contribution < -0.4 is 15.4 Å². The molecule has 2 aromatic heterocycles. The molecule has 0 fully saturated rings. The van der Waals surface area contributed by atoms with Crippen LogP contribution in [-0.2, 0) is 28.9 Å². The molecule has 0 saturated heterocycles. The summed E-state index contributed by atoms with van der Waals surface area (Å²) in [7, 11) is 0. The third-order valence-electron chi connectivity index (χ3n) is 7.11. The Morgan fingerprint density at radius 1 is 1.05 bits per heavy atom. The minimum atomic E-state index is -1.04. The van der Waals surface area contributed by atoms with Crippen LogP contribution in [0, 0.1) is 6.92 Å². The van der Waals surface area contributed by atoms with Gasteiger partial charge in [0.25, 0.3) is 0 Å². The van der Waals surface area contributed by atoms with E-state index in [1.54, 1.807) is 6.07 Å². The molecule has 4 rings (SSSR count). The van der Waals surface area contributed by atoms with Crippen LogP contribution in [0.2, 0.25) is 0 Å². The molecule has 0 saturated carbocycles. The molecule has 1 amide bonds. The first-order chi connectivity index (χ1) is 20.0. The van der Waals surface area contributed by atoms with Gasteiger partial charge in [-0.25, -0.2) is 9.78 Å². The van der Waals surface area contributed by atoms with Crippen molar-refractivity contribution in [1.82, 2.24) is 25.4 Å². The smallest absolute Gasteiger partial charge is 0.326 e. The van der Waals surface area contributed by atoms with Gasteiger partial charge in [0.1, 0.15) is 18.5 Å². The Labute approximate surface area is 241 Å². The maximum Gasteiger partial charge on any atom is 0.326 e. The Bertz CT molecular complexity index is 1260. The highest BCUT2D eigenvalue weighted by molar-refractivity contribution is 5.84. The monoisotopic (exact) mass is 560 g/mol. The number of anilines is 1. The number of ether oxygens (including phenoxy) is 1. The third kappa shape index (κ3) is 10.1. The fourth-order valence-corrected chi connectivity index (χ4v) is 4.82. The highest BCUT2D eigenvalue weighted by Gasteiger charge is 2.21. The first kappa shape index (κ1) is 29.9. The number of rotatable bonds is 16. The molecule has 1 aliphatic heterocycles. The average Bonchev–Trinajstić information content (AvgIpc) is 2.98. The van der Waals surface area contributed by atoms with Crippen molar-refractivity contribution in [1.29, 1.82) is 0 Å². The predicted molar refractivity (Wildman–Crippen MR) is 157 cm³/mol. The van der Waals surface area contributed by atoms with Crippen molar-refractivity contribution in [2.75, 3.05) is 38.1 Å². The summed E-state index contributed by atoms with van der Waals surface area (Å²) in [5.41, 5.74) is 4.03. The molecule has 1 aromatic carbocycles. The summed E-state index contributed by atoms with van der Waals surface area (Å²) < 4.78 is 5.79. The van der Waals surface area contributed by atoms with Crippen molar-refractivity contribution in [3.8, 4) is 5.88 Å². The molecule has 3 heterocycles. The number of aliphatic carboxylic acids is 1. The number of hydrogen-bond acceptors (Lipinski definition) is 8. The Balaban J connectivity index is 1.28. The molecule has 41 heavy (non-hydrogen) atoms. The molecular weight excluding hydrogens is 520 g/mol. The van der Waals surface area contributed by atoms with E-state index in [-0.39, 0.29) is 18.7 Å². The van der Waals surface area contributed by atoms with Crippen LogP contribution in [0.15, 0.2) is 54.6 Å². The fraction of sp³-hybridized carbons (Fsp3) is 0.452. The number of amides is 1. The van der Waals surface area contributed by atoms with E-state index < -0.39 is 12.0 Å². The second-order valence-corrected chi connectivity index (χ2v) is 10.4. The zero-order valence-corrected chi connectivity index (χ0v) is 23.7. The zero-order chi connectivity index (χ0) is 28.9. The minimum Gasteiger partial charge on any atom is -0.480 e. The number of hydrogen-bond donors (Lipinski definition) is 3. The van der Waals surface area contributed by atoms with Crippen LogP contribution >= 0.6 is 0 Å². The first-order valence-electron chi connectivity index (χ1n) is 14.4. The topological polar surface area (TPSA) is 130 Å². The van der Waals surface area contributed by atoms with E-state index in [1.807, 2.05) is 43.3 Å². The molecule has 1 aliphatic rings. The standard InChI is InChI=1S/C31H40N6O4/c1-23-12-15-29(36-35-23)41-21-20-37(18-6-5-11-26-14-13-25-10-7-17-32-30(25)33-26)19-16-27(31(39)40)34-28(38)22-24-8-3-2-4-9-24/h2-4,8-9,12-15,27H,5-7,10-11,16-22H2,1H3,(H,32,33)(H,34,38)(H,39,40). The van der Waals surface area contributed by atoms with Gasteiger partial charge in [0.2, 0.25) is 11.8 Å². The number of carbonyl (C=O) groups excluding carboxylic acids is 1. The molecule has 218 valence electrons. The van der Waals surface area contributed by atoms with Crippen molar-refractivity contribution < 1.29 is 19.4 Å². The van der Waals surface area contributed by atoms with Crippen molar-refractivity contribution in [2.24, 2.45) is 0 Å². The summed E-state index contributed by atoms with van der Waals surface area (Å²) in [6, 6.07) is 16.3. The average molecular weight is 561 g/mol. The molecule has 3 aromatic rings. The number of nitrogens with one attached hydrogen (secondary N) is 2. The Kier molecular flexibility index (Phi) is 11.4. The highest BCUT2D eigenvalue weighted by Crippen LogP contribution is 2.20. The quantitative estimate of drug-likeness (QED) is 0.226. The molecule has 1 unspecified atom stereocenters. The van der Waals surface area contributed by atoms with E-state index >= 15 is 0 Å². The molecule has 10 heteroatoms. The molecule has 0 aliphatic carbocycles. The van der Waals surface area contributed by atoms with E-state index in [4.69, 9.17) is 9.72 Å². The van der Waals surface area contributed by atoms with E-state index in [0.717, 1.165) is 68.0 Å². The summed E-state index contributed by atoms with van der Waals surface area (Å²) in [6.07, 6.45) is 5.42. The van der Waals surface area contributed by atoms with Crippen LogP contribution in [0.25, 0.3) is 0 Å². The van der Waals surface area contributed by atoms with E-state index in [0.29, 0.717) is 25.6 Å². The van der Waals surface area contributed by atoms with Gasteiger partial charge in [0.05, 0.1) is 12.1 Å². The van der Waals surface area contributed by atoms with E-state index in [9.17, 15) is 14.7 Å². The summed E-state index contributed by atoms with van der Waals surface area (Å²) in [6.45, 7) is 5.11. The molecule has 3 N–H and O–H groups in total. The van der Waals surface area contributed by atoms with Gasteiger partial charge in [-0.2, -0.15) is 5.10 Å². The van der Waals surface area contributed by atoms with Crippen molar-refractivity contribution >= 4 is 17.7 Å². The van der Waals surface area contributed by atoms with Gasteiger partial charge in [-0.1, -0.05) is 36.4 Å². The summed E-state index contributed by atoms with van der Waals surface area (Å²) >= 11 is 0. The van der Waals surface area contributed by atoms with Crippen LogP contribution in [0.3, 0.4) is 0 Å². The molecule has 0 spiro atoms. The number of fused-ring (bicyclic) bond motifs is 1. The summed E-state index contributed by atoms with van der Waals surface area (Å²) in [5.74, 6) is 0.132. The third-order valence-corrected chi connectivity index (χ3v) is 7.11. The maximum atomic E-state index is 12.5. The number of carboxylic acid groups (broad SMARTS) is 1. The Morgan fingerprint density at radius 2 is 1.90 bits per heavy atom. The number of aromatic nitrogens is 3. The van der Waals surface area contributed by atoms with Crippen LogP contribution in [0.4, 0.5) is 5.82 Å². The number of benzene rings is 1. The molecule has 10 nitrogen and oxygen atoms in total. The largest absolute Gasteiger partial charge is 0.480 e. The number of carbonyl (C=O) groups is 2. The first-order valence-corrected chi connectivity index (χ1v) is 14.4. The van der Waals surface area contributed by atoms with Crippen molar-refractivity contribution in [2.45, 2.75) is 57.9 Å². The summed E-state index contributed by atoms with van der Waals surface area (Å²) in [5, 5.41) is 23.9. The van der Waals surface area contributed by atoms with Crippen LogP contribution in [-0.4, -0.2) is 75.9 Å².